The van der Waals surface area contributed by atoms with Crippen LogP contribution in [0.5, 0.6) is 0 Å². The molecule has 1 aromatic heterocycles. The van der Waals surface area contributed by atoms with Crippen molar-refractivity contribution in [2.45, 2.75) is 13.0 Å². The van der Waals surface area contributed by atoms with Crippen LogP contribution in [0.4, 0.5) is 16.1 Å². The molecular weight excluding hydrogens is 291 g/mol. The Hall–Kier alpha value is -1.47. The molecule has 2 aromatic rings. The number of aromatic nitrogens is 2. The van der Waals surface area contributed by atoms with Gasteiger partial charge in [0.1, 0.15) is 5.82 Å². The molecule has 5 nitrogen and oxygen atoms in total. The topological polar surface area (TPSA) is 77.0 Å². The molecule has 0 aliphatic carbocycles. The van der Waals surface area contributed by atoms with Crippen LogP contribution in [0.3, 0.4) is 0 Å². The van der Waals surface area contributed by atoms with Crippen molar-refractivity contribution in [3.63, 3.8) is 0 Å². The van der Waals surface area contributed by atoms with E-state index in [9.17, 15) is 4.39 Å². The fourth-order valence-electron chi connectivity index (χ4n) is 1.19. The Morgan fingerprint density at radius 3 is 2.82 bits per heavy atom. The van der Waals surface area contributed by atoms with Gasteiger partial charge in [0.05, 0.1) is 11.7 Å². The minimum absolute atomic E-state index is 0.100. The van der Waals surface area contributed by atoms with Gasteiger partial charge in [-0.3, -0.25) is 0 Å². The predicted octanol–water partition coefficient (Wildman–Crippen LogP) is 2.73. The van der Waals surface area contributed by atoms with Crippen molar-refractivity contribution in [1.82, 2.24) is 10.2 Å². The smallest absolute Gasteiger partial charge is 0.320 e. The summed E-state index contributed by atoms with van der Waals surface area (Å²) in [5.41, 5.74) is 5.82. The fourth-order valence-corrected chi connectivity index (χ4v) is 1.63. The lowest BCUT2D eigenvalue weighted by Gasteiger charge is -2.05. The lowest BCUT2D eigenvalue weighted by Crippen LogP contribution is -2.04. The molecule has 0 radical (unpaired) electrons. The standard InChI is InChI=1S/C10H10BrFN4O/c1-5(13)9-15-16-10(17-9)14-8-6(11)3-2-4-7(8)12/h2-5H,13H2,1H3,(H,14,16). The van der Waals surface area contributed by atoms with E-state index in [0.29, 0.717) is 10.4 Å². The van der Waals surface area contributed by atoms with Gasteiger partial charge in [-0.2, -0.15) is 0 Å². The van der Waals surface area contributed by atoms with Crippen molar-refractivity contribution in [2.24, 2.45) is 5.73 Å². The molecule has 0 saturated heterocycles. The van der Waals surface area contributed by atoms with Gasteiger partial charge in [0.15, 0.2) is 0 Å². The van der Waals surface area contributed by atoms with Gasteiger partial charge in [-0.05, 0) is 35.0 Å². The molecule has 0 aliphatic heterocycles. The van der Waals surface area contributed by atoms with E-state index in [4.69, 9.17) is 10.2 Å². The summed E-state index contributed by atoms with van der Waals surface area (Å²) in [5.74, 6) is -0.125. The molecule has 0 spiro atoms. The first-order valence-electron chi connectivity index (χ1n) is 4.88. The second-order valence-corrected chi connectivity index (χ2v) is 4.31. The lowest BCUT2D eigenvalue weighted by molar-refractivity contribution is 0.475. The van der Waals surface area contributed by atoms with Crippen LogP contribution in [0.25, 0.3) is 0 Å². The maximum Gasteiger partial charge on any atom is 0.320 e. The minimum Gasteiger partial charge on any atom is -0.406 e. The molecule has 0 amide bonds. The van der Waals surface area contributed by atoms with Gasteiger partial charge in [0.2, 0.25) is 5.89 Å². The number of benzene rings is 1. The van der Waals surface area contributed by atoms with E-state index in [0.717, 1.165) is 0 Å². The van der Waals surface area contributed by atoms with E-state index in [2.05, 4.69) is 31.4 Å². The number of anilines is 2. The van der Waals surface area contributed by atoms with Crippen LogP contribution in [-0.4, -0.2) is 10.2 Å². The average Bonchev–Trinajstić information content (AvgIpc) is 2.72. The van der Waals surface area contributed by atoms with Crippen molar-refractivity contribution >= 4 is 27.6 Å². The van der Waals surface area contributed by atoms with E-state index >= 15 is 0 Å². The summed E-state index contributed by atoms with van der Waals surface area (Å²) in [6.07, 6.45) is 0. The Morgan fingerprint density at radius 2 is 2.24 bits per heavy atom. The number of nitrogens with one attached hydrogen (secondary N) is 1. The summed E-state index contributed by atoms with van der Waals surface area (Å²) in [6, 6.07) is 4.36. The lowest BCUT2D eigenvalue weighted by atomic mass is 10.3. The first kappa shape index (κ1) is 12.0. The third kappa shape index (κ3) is 2.62. The molecule has 0 bridgehead atoms. The van der Waals surface area contributed by atoms with Crippen molar-refractivity contribution in [2.75, 3.05) is 5.32 Å². The molecule has 0 aliphatic rings. The highest BCUT2D eigenvalue weighted by Gasteiger charge is 2.13. The van der Waals surface area contributed by atoms with Gasteiger partial charge >= 0.3 is 6.01 Å². The van der Waals surface area contributed by atoms with E-state index in [1.165, 1.54) is 6.07 Å². The number of para-hydroxylation sites is 1. The molecule has 1 atom stereocenters. The molecule has 2 rings (SSSR count). The van der Waals surface area contributed by atoms with Crippen LogP contribution in [0, 0.1) is 5.82 Å². The minimum atomic E-state index is -0.417. The van der Waals surface area contributed by atoms with Gasteiger partial charge < -0.3 is 15.5 Å². The van der Waals surface area contributed by atoms with Crippen molar-refractivity contribution in [1.29, 1.82) is 0 Å². The van der Waals surface area contributed by atoms with Gasteiger partial charge in [-0.1, -0.05) is 11.2 Å². The Labute approximate surface area is 105 Å². The number of nitrogens with two attached hydrogens (primary N) is 1. The van der Waals surface area contributed by atoms with Crippen LogP contribution in [0.2, 0.25) is 0 Å². The summed E-state index contributed by atoms with van der Waals surface area (Å²) >= 11 is 3.22. The number of hydrogen-bond donors (Lipinski definition) is 2. The zero-order valence-corrected chi connectivity index (χ0v) is 10.5. The Bertz CT molecular complexity index is 509. The summed E-state index contributed by atoms with van der Waals surface area (Å²) in [6.45, 7) is 1.72. The van der Waals surface area contributed by atoms with Gasteiger partial charge in [-0.25, -0.2) is 4.39 Å². The average molecular weight is 301 g/mol. The van der Waals surface area contributed by atoms with Crippen LogP contribution in [-0.2, 0) is 0 Å². The van der Waals surface area contributed by atoms with Gasteiger partial charge in [0, 0.05) is 4.47 Å². The van der Waals surface area contributed by atoms with Gasteiger partial charge in [0.25, 0.3) is 0 Å². The summed E-state index contributed by atoms with van der Waals surface area (Å²) in [4.78, 5) is 0. The van der Waals surface area contributed by atoms with Crippen molar-refractivity contribution in [3.8, 4) is 0 Å². The monoisotopic (exact) mass is 300 g/mol. The molecule has 17 heavy (non-hydrogen) atoms. The van der Waals surface area contributed by atoms with Crippen molar-refractivity contribution < 1.29 is 8.81 Å². The van der Waals surface area contributed by atoms with E-state index in [1.807, 2.05) is 0 Å². The Kier molecular flexibility index (Phi) is 3.39. The van der Waals surface area contributed by atoms with E-state index in [1.54, 1.807) is 19.1 Å². The number of nitrogens with zero attached hydrogens (tertiary/aromatic N) is 2. The predicted molar refractivity (Wildman–Crippen MR) is 64.3 cm³/mol. The van der Waals surface area contributed by atoms with Crippen LogP contribution >= 0.6 is 15.9 Å². The molecule has 3 N–H and O–H groups in total. The second-order valence-electron chi connectivity index (χ2n) is 3.46. The maximum atomic E-state index is 13.5. The Morgan fingerprint density at radius 1 is 1.47 bits per heavy atom. The largest absolute Gasteiger partial charge is 0.406 e. The normalized spacial score (nSPS) is 12.5. The summed E-state index contributed by atoms with van der Waals surface area (Å²) in [7, 11) is 0. The number of rotatable bonds is 3. The first-order chi connectivity index (χ1) is 8.08. The molecule has 1 heterocycles. The van der Waals surface area contributed by atoms with E-state index in [-0.39, 0.29) is 17.7 Å². The van der Waals surface area contributed by atoms with Crippen LogP contribution in [0.1, 0.15) is 18.9 Å². The van der Waals surface area contributed by atoms with Crippen LogP contribution in [0.15, 0.2) is 27.1 Å². The van der Waals surface area contributed by atoms with Crippen molar-refractivity contribution in [3.05, 3.63) is 34.4 Å². The third-order valence-corrected chi connectivity index (χ3v) is 2.69. The second kappa shape index (κ2) is 4.80. The molecular formula is C10H10BrFN4O. The fraction of sp³-hybridized carbons (Fsp3) is 0.200. The molecule has 90 valence electrons. The Balaban J connectivity index is 2.25. The third-order valence-electron chi connectivity index (χ3n) is 2.02. The maximum absolute atomic E-state index is 13.5. The number of halogens is 2. The highest BCUT2D eigenvalue weighted by Crippen LogP contribution is 2.28. The molecule has 1 unspecified atom stereocenters. The van der Waals surface area contributed by atoms with Crippen LogP contribution < -0.4 is 11.1 Å². The number of hydrogen-bond acceptors (Lipinski definition) is 5. The zero-order valence-electron chi connectivity index (χ0n) is 8.95. The summed E-state index contributed by atoms with van der Waals surface area (Å²) < 4.78 is 19.3. The molecule has 0 fully saturated rings. The highest BCUT2D eigenvalue weighted by atomic mass is 79.9. The highest BCUT2D eigenvalue weighted by molar-refractivity contribution is 9.10. The molecule has 7 heteroatoms. The zero-order chi connectivity index (χ0) is 12.4. The molecule has 1 aromatic carbocycles. The quantitative estimate of drug-likeness (QED) is 0.911. The summed E-state index contributed by atoms with van der Waals surface area (Å²) in [5, 5.41) is 10.1. The first-order valence-corrected chi connectivity index (χ1v) is 5.67. The molecule has 0 saturated carbocycles. The SMILES string of the molecule is CC(N)c1nnc(Nc2c(F)cccc2Br)o1. The van der Waals surface area contributed by atoms with E-state index < -0.39 is 5.82 Å². The van der Waals surface area contributed by atoms with Gasteiger partial charge in [-0.15, -0.1) is 5.10 Å².